The zero-order valence-corrected chi connectivity index (χ0v) is 12.4. The van der Waals surface area contributed by atoms with Crippen LogP contribution in [0.15, 0.2) is 54.0 Å². The van der Waals surface area contributed by atoms with Gasteiger partial charge < -0.3 is 0 Å². The first-order valence-electron chi connectivity index (χ1n) is 6.25. The van der Waals surface area contributed by atoms with Crippen molar-refractivity contribution in [1.29, 1.82) is 0 Å². The molecular formula is C15H21NO2S. The van der Waals surface area contributed by atoms with Gasteiger partial charge in [0.1, 0.15) is 0 Å². The molecule has 1 atom stereocenters. The second-order valence-electron chi connectivity index (χ2n) is 4.82. The largest absolute Gasteiger partial charge is 0.241 e. The number of hydrogen-bond acceptors (Lipinski definition) is 2. The number of rotatable bonds is 6. The van der Waals surface area contributed by atoms with Gasteiger partial charge >= 0.3 is 0 Å². The minimum atomic E-state index is -3.49. The van der Waals surface area contributed by atoms with E-state index < -0.39 is 10.0 Å². The van der Waals surface area contributed by atoms with E-state index in [1.165, 1.54) is 0 Å². The van der Waals surface area contributed by atoms with E-state index in [2.05, 4.69) is 11.3 Å². The van der Waals surface area contributed by atoms with Gasteiger partial charge in [-0.15, -0.1) is 0 Å². The second kappa shape index (κ2) is 6.68. The fourth-order valence-corrected chi connectivity index (χ4v) is 2.90. The number of benzene rings is 1. The highest BCUT2D eigenvalue weighted by Gasteiger charge is 2.20. The Morgan fingerprint density at radius 1 is 1.21 bits per heavy atom. The normalized spacial score (nSPS) is 13.9. The molecule has 4 heteroatoms. The van der Waals surface area contributed by atoms with Gasteiger partial charge in [0.25, 0.3) is 0 Å². The quantitative estimate of drug-likeness (QED) is 0.814. The molecule has 0 fully saturated rings. The fraction of sp³-hybridized carbons (Fsp3) is 0.333. The second-order valence-corrected chi connectivity index (χ2v) is 6.54. The number of nitrogens with one attached hydrogen (secondary N) is 1. The molecule has 19 heavy (non-hydrogen) atoms. The SMILES string of the molecule is C=C/C=C\[C@H](NS(=O)(=O)c1ccc(C)cc1)C(C)C. The third kappa shape index (κ3) is 4.65. The predicted octanol–water partition coefficient (Wildman–Crippen LogP) is 3.04. The van der Waals surface area contributed by atoms with Crippen LogP contribution < -0.4 is 4.72 Å². The highest BCUT2D eigenvalue weighted by atomic mass is 32.2. The molecule has 1 rings (SSSR count). The Morgan fingerprint density at radius 3 is 2.26 bits per heavy atom. The maximum atomic E-state index is 12.3. The maximum absolute atomic E-state index is 12.3. The molecule has 0 saturated carbocycles. The Kier molecular flexibility index (Phi) is 5.51. The van der Waals surface area contributed by atoms with Gasteiger partial charge in [0.05, 0.1) is 4.90 Å². The monoisotopic (exact) mass is 279 g/mol. The summed E-state index contributed by atoms with van der Waals surface area (Å²) in [4.78, 5) is 0.288. The van der Waals surface area contributed by atoms with E-state index in [4.69, 9.17) is 0 Å². The average Bonchev–Trinajstić information content (AvgIpc) is 2.34. The highest BCUT2D eigenvalue weighted by Crippen LogP contribution is 2.13. The molecule has 0 bridgehead atoms. The first kappa shape index (κ1) is 15.7. The standard InChI is InChI=1S/C15H21NO2S/c1-5-6-7-15(12(2)3)16-19(17,18)14-10-8-13(4)9-11-14/h5-12,15-16H,1H2,2-4H3/b7-6-/t15-/m0/s1. The van der Waals surface area contributed by atoms with Crippen molar-refractivity contribution >= 4 is 10.0 Å². The summed E-state index contributed by atoms with van der Waals surface area (Å²) in [6.07, 6.45) is 5.20. The van der Waals surface area contributed by atoms with Gasteiger partial charge in [-0.2, -0.15) is 0 Å². The van der Waals surface area contributed by atoms with E-state index in [0.717, 1.165) is 5.56 Å². The fourth-order valence-electron chi connectivity index (χ4n) is 1.56. The Labute approximate surface area is 116 Å². The topological polar surface area (TPSA) is 46.2 Å². The zero-order valence-electron chi connectivity index (χ0n) is 11.6. The summed E-state index contributed by atoms with van der Waals surface area (Å²) in [5, 5.41) is 0. The number of sulfonamides is 1. The molecule has 0 radical (unpaired) electrons. The van der Waals surface area contributed by atoms with Gasteiger partial charge in [0, 0.05) is 6.04 Å². The van der Waals surface area contributed by atoms with Crippen molar-refractivity contribution in [1.82, 2.24) is 4.72 Å². The zero-order chi connectivity index (χ0) is 14.5. The van der Waals surface area contributed by atoms with E-state index in [0.29, 0.717) is 0 Å². The molecule has 0 aliphatic rings. The molecule has 104 valence electrons. The highest BCUT2D eigenvalue weighted by molar-refractivity contribution is 7.89. The molecule has 0 unspecified atom stereocenters. The molecule has 1 aromatic carbocycles. The summed E-state index contributed by atoms with van der Waals surface area (Å²) in [7, 11) is -3.49. The minimum absolute atomic E-state index is 0.163. The van der Waals surface area contributed by atoms with E-state index >= 15 is 0 Å². The van der Waals surface area contributed by atoms with Crippen LogP contribution in [-0.4, -0.2) is 14.5 Å². The molecule has 3 nitrogen and oxygen atoms in total. The van der Waals surface area contributed by atoms with Gasteiger partial charge in [-0.3, -0.25) is 0 Å². The molecular weight excluding hydrogens is 258 g/mol. The van der Waals surface area contributed by atoms with Gasteiger partial charge in [-0.1, -0.05) is 56.4 Å². The van der Waals surface area contributed by atoms with Gasteiger partial charge in [0.15, 0.2) is 0 Å². The molecule has 1 N–H and O–H groups in total. The van der Waals surface area contributed by atoms with E-state index in [1.54, 1.807) is 36.4 Å². The lowest BCUT2D eigenvalue weighted by atomic mass is 10.1. The van der Waals surface area contributed by atoms with Gasteiger partial charge in [-0.05, 0) is 25.0 Å². The van der Waals surface area contributed by atoms with Crippen molar-refractivity contribution in [2.45, 2.75) is 31.7 Å². The molecule has 0 saturated heterocycles. The van der Waals surface area contributed by atoms with Crippen molar-refractivity contribution in [2.24, 2.45) is 5.92 Å². The summed E-state index contributed by atoms with van der Waals surface area (Å²) < 4.78 is 27.2. The Balaban J connectivity index is 2.97. The van der Waals surface area contributed by atoms with Crippen LogP contribution in [0, 0.1) is 12.8 Å². The van der Waals surface area contributed by atoms with Crippen LogP contribution >= 0.6 is 0 Å². The summed E-state index contributed by atoms with van der Waals surface area (Å²) in [6.45, 7) is 9.45. The predicted molar refractivity (Wildman–Crippen MR) is 79.5 cm³/mol. The average molecular weight is 279 g/mol. The molecule has 0 aliphatic carbocycles. The lowest BCUT2D eigenvalue weighted by Gasteiger charge is -2.18. The molecule has 0 amide bonds. The molecule has 0 aromatic heterocycles. The molecule has 0 aliphatic heterocycles. The van der Waals surface area contributed by atoms with Crippen molar-refractivity contribution in [2.75, 3.05) is 0 Å². The van der Waals surface area contributed by atoms with Crippen molar-refractivity contribution in [3.05, 3.63) is 54.6 Å². The lowest BCUT2D eigenvalue weighted by molar-refractivity contribution is 0.509. The van der Waals surface area contributed by atoms with E-state index in [-0.39, 0.29) is 16.9 Å². The van der Waals surface area contributed by atoms with Gasteiger partial charge in [-0.25, -0.2) is 13.1 Å². The van der Waals surface area contributed by atoms with Gasteiger partial charge in [0.2, 0.25) is 10.0 Å². The summed E-state index contributed by atoms with van der Waals surface area (Å²) in [5.41, 5.74) is 1.03. The number of allylic oxidation sites excluding steroid dienone is 2. The number of hydrogen-bond donors (Lipinski definition) is 1. The Hall–Kier alpha value is -1.39. The number of aryl methyl sites for hydroxylation is 1. The summed E-state index contributed by atoms with van der Waals surface area (Å²) in [5.74, 6) is 0.163. The molecule has 1 aromatic rings. The van der Waals surface area contributed by atoms with Crippen LogP contribution in [0.3, 0.4) is 0 Å². The Morgan fingerprint density at radius 2 is 1.79 bits per heavy atom. The van der Waals surface area contributed by atoms with Crippen molar-refractivity contribution in [3.8, 4) is 0 Å². The van der Waals surface area contributed by atoms with Crippen molar-refractivity contribution < 1.29 is 8.42 Å². The summed E-state index contributed by atoms with van der Waals surface area (Å²) in [6, 6.07) is 6.57. The summed E-state index contributed by atoms with van der Waals surface area (Å²) >= 11 is 0. The third-order valence-corrected chi connectivity index (χ3v) is 4.27. The van der Waals surface area contributed by atoms with E-state index in [1.807, 2.05) is 26.8 Å². The first-order chi connectivity index (χ1) is 8.86. The molecule has 0 heterocycles. The molecule has 0 spiro atoms. The third-order valence-electron chi connectivity index (χ3n) is 2.80. The maximum Gasteiger partial charge on any atom is 0.241 e. The van der Waals surface area contributed by atoms with Crippen LogP contribution in [0.1, 0.15) is 19.4 Å². The van der Waals surface area contributed by atoms with Crippen molar-refractivity contribution in [3.63, 3.8) is 0 Å². The van der Waals surface area contributed by atoms with E-state index in [9.17, 15) is 8.42 Å². The van der Waals surface area contributed by atoms with Crippen LogP contribution in [-0.2, 0) is 10.0 Å². The van der Waals surface area contributed by atoms with Crippen LogP contribution in [0.4, 0.5) is 0 Å². The minimum Gasteiger partial charge on any atom is -0.207 e. The lowest BCUT2D eigenvalue weighted by Crippen LogP contribution is -2.37. The van der Waals surface area contributed by atoms with Crippen LogP contribution in [0.2, 0.25) is 0 Å². The smallest absolute Gasteiger partial charge is 0.207 e. The first-order valence-corrected chi connectivity index (χ1v) is 7.73. The van der Waals surface area contributed by atoms with Crippen LogP contribution in [0.25, 0.3) is 0 Å². The Bertz CT molecular complexity index is 542. The van der Waals surface area contributed by atoms with Crippen LogP contribution in [0.5, 0.6) is 0 Å².